The third-order valence-corrected chi connectivity index (χ3v) is 4.00. The third-order valence-electron chi connectivity index (χ3n) is 3.47. The van der Waals surface area contributed by atoms with Crippen molar-refractivity contribution in [1.29, 1.82) is 0 Å². The van der Waals surface area contributed by atoms with Gasteiger partial charge in [-0.25, -0.2) is 4.39 Å². The number of ether oxygens (including phenoxy) is 1. The van der Waals surface area contributed by atoms with Crippen LogP contribution in [0.3, 0.4) is 0 Å². The number of aliphatic hydroxyl groups excluding tert-OH is 1. The van der Waals surface area contributed by atoms with Gasteiger partial charge in [-0.2, -0.15) is 0 Å². The second kappa shape index (κ2) is 7.57. The maximum absolute atomic E-state index is 14.1. The third kappa shape index (κ3) is 4.29. The van der Waals surface area contributed by atoms with E-state index < -0.39 is 0 Å². The van der Waals surface area contributed by atoms with Crippen molar-refractivity contribution in [3.63, 3.8) is 0 Å². The lowest BCUT2D eigenvalue weighted by molar-refractivity contribution is 0.223. The van der Waals surface area contributed by atoms with E-state index in [9.17, 15) is 9.50 Å². The van der Waals surface area contributed by atoms with Gasteiger partial charge in [0.2, 0.25) is 0 Å². The number of aliphatic hydroxyl groups is 1. The molecule has 0 saturated carbocycles. The fourth-order valence-corrected chi connectivity index (χ4v) is 2.60. The molecule has 0 fully saturated rings. The summed E-state index contributed by atoms with van der Waals surface area (Å²) in [5.74, 6) is -0.116. The lowest BCUT2D eigenvalue weighted by Gasteiger charge is -2.16. The first-order chi connectivity index (χ1) is 10.1. The fraction of sp³-hybridized carbons (Fsp3) is 0.294. The monoisotopic (exact) mass is 352 g/mol. The predicted molar refractivity (Wildman–Crippen MR) is 85.1 cm³/mol. The standard InChI is InChI=1S/C17H18BrFO2/c1-21-16-4-2-3-14(17(16)19)10-13(11-20)9-12-5-7-15(18)8-6-12/h2-8,13,20H,9-11H2,1H3. The van der Waals surface area contributed by atoms with Crippen LogP contribution in [0.15, 0.2) is 46.9 Å². The summed E-state index contributed by atoms with van der Waals surface area (Å²) in [7, 11) is 1.45. The van der Waals surface area contributed by atoms with Crippen LogP contribution in [-0.2, 0) is 12.8 Å². The Hall–Kier alpha value is -1.39. The first-order valence-corrected chi connectivity index (χ1v) is 7.60. The lowest BCUT2D eigenvalue weighted by Crippen LogP contribution is -2.14. The molecule has 0 spiro atoms. The van der Waals surface area contributed by atoms with E-state index in [1.807, 2.05) is 24.3 Å². The molecule has 0 aliphatic carbocycles. The molecule has 0 aliphatic rings. The molecule has 1 atom stereocenters. The number of halogens is 2. The van der Waals surface area contributed by atoms with Crippen molar-refractivity contribution < 1.29 is 14.2 Å². The lowest BCUT2D eigenvalue weighted by atomic mass is 9.93. The summed E-state index contributed by atoms with van der Waals surface area (Å²) < 4.78 is 20.2. The second-order valence-corrected chi connectivity index (χ2v) is 5.93. The molecular formula is C17H18BrFO2. The van der Waals surface area contributed by atoms with E-state index in [0.29, 0.717) is 18.4 Å². The van der Waals surface area contributed by atoms with E-state index in [1.54, 1.807) is 18.2 Å². The van der Waals surface area contributed by atoms with Gasteiger partial charge in [0.1, 0.15) is 0 Å². The highest BCUT2D eigenvalue weighted by Gasteiger charge is 2.15. The smallest absolute Gasteiger partial charge is 0.168 e. The van der Waals surface area contributed by atoms with Crippen LogP contribution in [0.5, 0.6) is 5.75 Å². The molecule has 2 nitrogen and oxygen atoms in total. The fourth-order valence-electron chi connectivity index (χ4n) is 2.34. The van der Waals surface area contributed by atoms with Crippen LogP contribution in [0.25, 0.3) is 0 Å². The zero-order chi connectivity index (χ0) is 15.2. The Morgan fingerprint density at radius 1 is 1.14 bits per heavy atom. The van der Waals surface area contributed by atoms with Gasteiger partial charge in [-0.3, -0.25) is 0 Å². The van der Waals surface area contributed by atoms with Crippen molar-refractivity contribution in [1.82, 2.24) is 0 Å². The van der Waals surface area contributed by atoms with Crippen molar-refractivity contribution in [2.75, 3.05) is 13.7 Å². The van der Waals surface area contributed by atoms with E-state index in [0.717, 1.165) is 10.0 Å². The van der Waals surface area contributed by atoms with Crippen LogP contribution in [-0.4, -0.2) is 18.8 Å². The minimum Gasteiger partial charge on any atom is -0.494 e. The predicted octanol–water partition coefficient (Wildman–Crippen LogP) is 3.99. The summed E-state index contributed by atoms with van der Waals surface area (Å²) >= 11 is 3.40. The van der Waals surface area contributed by atoms with Crippen LogP contribution < -0.4 is 4.74 Å². The van der Waals surface area contributed by atoms with Crippen molar-refractivity contribution in [3.8, 4) is 5.75 Å². The van der Waals surface area contributed by atoms with Gasteiger partial charge in [-0.05, 0) is 48.1 Å². The molecule has 4 heteroatoms. The topological polar surface area (TPSA) is 29.5 Å². The Labute approximate surface area is 132 Å². The van der Waals surface area contributed by atoms with Crippen LogP contribution >= 0.6 is 15.9 Å². The van der Waals surface area contributed by atoms with Gasteiger partial charge >= 0.3 is 0 Å². The highest BCUT2D eigenvalue weighted by Crippen LogP contribution is 2.24. The molecule has 0 bridgehead atoms. The van der Waals surface area contributed by atoms with Gasteiger partial charge < -0.3 is 9.84 Å². The molecule has 1 unspecified atom stereocenters. The Balaban J connectivity index is 2.10. The second-order valence-electron chi connectivity index (χ2n) is 5.02. The largest absolute Gasteiger partial charge is 0.494 e. The minimum absolute atomic E-state index is 0.0205. The van der Waals surface area contributed by atoms with Gasteiger partial charge in [-0.1, -0.05) is 40.2 Å². The average Bonchev–Trinajstić information content (AvgIpc) is 2.50. The number of methoxy groups -OCH3 is 1. The normalized spacial score (nSPS) is 12.2. The summed E-state index contributed by atoms with van der Waals surface area (Å²) in [4.78, 5) is 0. The van der Waals surface area contributed by atoms with E-state index in [2.05, 4.69) is 15.9 Å². The number of hydrogen-bond donors (Lipinski definition) is 1. The molecule has 2 aromatic rings. The molecule has 1 N–H and O–H groups in total. The Morgan fingerprint density at radius 2 is 1.86 bits per heavy atom. The molecule has 21 heavy (non-hydrogen) atoms. The van der Waals surface area contributed by atoms with Crippen molar-refractivity contribution in [3.05, 3.63) is 63.9 Å². The number of hydrogen-bond acceptors (Lipinski definition) is 2. The van der Waals surface area contributed by atoms with Crippen LogP contribution in [0.4, 0.5) is 4.39 Å². The van der Waals surface area contributed by atoms with Crippen molar-refractivity contribution in [2.24, 2.45) is 5.92 Å². The zero-order valence-electron chi connectivity index (χ0n) is 11.9. The quantitative estimate of drug-likeness (QED) is 0.851. The molecule has 0 aromatic heterocycles. The highest BCUT2D eigenvalue weighted by molar-refractivity contribution is 9.10. The first kappa shape index (κ1) is 16.0. The molecule has 0 heterocycles. The summed E-state index contributed by atoms with van der Waals surface area (Å²) in [6, 6.07) is 13.1. The van der Waals surface area contributed by atoms with Gasteiger partial charge in [0.15, 0.2) is 11.6 Å². The summed E-state index contributed by atoms with van der Waals surface area (Å²) in [6.07, 6.45) is 1.19. The Kier molecular flexibility index (Phi) is 5.76. The van der Waals surface area contributed by atoms with Gasteiger partial charge in [0, 0.05) is 11.1 Å². The molecule has 0 saturated heterocycles. The summed E-state index contributed by atoms with van der Waals surface area (Å²) in [6.45, 7) is 0.0205. The van der Waals surface area contributed by atoms with Gasteiger partial charge in [0.25, 0.3) is 0 Å². The Morgan fingerprint density at radius 3 is 2.48 bits per heavy atom. The molecule has 112 valence electrons. The molecule has 0 radical (unpaired) electrons. The van der Waals surface area contributed by atoms with Crippen molar-refractivity contribution in [2.45, 2.75) is 12.8 Å². The highest BCUT2D eigenvalue weighted by atomic mass is 79.9. The summed E-state index contributed by atoms with van der Waals surface area (Å²) in [5, 5.41) is 9.56. The van der Waals surface area contributed by atoms with Gasteiger partial charge in [-0.15, -0.1) is 0 Å². The van der Waals surface area contributed by atoms with E-state index >= 15 is 0 Å². The first-order valence-electron chi connectivity index (χ1n) is 6.80. The average molecular weight is 353 g/mol. The number of benzene rings is 2. The minimum atomic E-state index is -0.339. The van der Waals surface area contributed by atoms with Crippen LogP contribution in [0, 0.1) is 11.7 Å². The van der Waals surface area contributed by atoms with Crippen LogP contribution in [0.1, 0.15) is 11.1 Å². The van der Waals surface area contributed by atoms with E-state index in [1.165, 1.54) is 7.11 Å². The Bertz CT molecular complexity index is 584. The molecular weight excluding hydrogens is 335 g/mol. The molecule has 2 aromatic carbocycles. The summed E-state index contributed by atoms with van der Waals surface area (Å²) in [5.41, 5.74) is 1.70. The van der Waals surface area contributed by atoms with E-state index in [4.69, 9.17) is 4.74 Å². The van der Waals surface area contributed by atoms with E-state index in [-0.39, 0.29) is 24.1 Å². The maximum Gasteiger partial charge on any atom is 0.168 e. The number of rotatable bonds is 6. The SMILES string of the molecule is COc1cccc(CC(CO)Cc2ccc(Br)cc2)c1F. The van der Waals surface area contributed by atoms with Gasteiger partial charge in [0.05, 0.1) is 7.11 Å². The van der Waals surface area contributed by atoms with Crippen molar-refractivity contribution >= 4 is 15.9 Å². The van der Waals surface area contributed by atoms with Crippen LogP contribution in [0.2, 0.25) is 0 Å². The molecule has 2 rings (SSSR count). The maximum atomic E-state index is 14.1. The molecule has 0 amide bonds. The zero-order valence-corrected chi connectivity index (χ0v) is 13.4. The molecule has 0 aliphatic heterocycles.